The quantitative estimate of drug-likeness (QED) is 0.835. The van der Waals surface area contributed by atoms with E-state index in [-0.39, 0.29) is 6.09 Å². The number of hydrogen-bond donors (Lipinski definition) is 1. The molecule has 0 unspecified atom stereocenters. The van der Waals surface area contributed by atoms with Gasteiger partial charge in [0.05, 0.1) is 0 Å². The van der Waals surface area contributed by atoms with Crippen molar-refractivity contribution in [1.82, 2.24) is 5.32 Å². The topological polar surface area (TPSA) is 38.3 Å². The fourth-order valence-electron chi connectivity index (χ4n) is 2.26. The molecule has 3 nitrogen and oxygen atoms in total. The molecule has 98 valence electrons. The van der Waals surface area contributed by atoms with Gasteiger partial charge in [0, 0.05) is 6.54 Å². The first-order chi connectivity index (χ1) is 8.74. The van der Waals surface area contributed by atoms with Crippen LogP contribution in [-0.4, -0.2) is 12.6 Å². The van der Waals surface area contributed by atoms with Crippen LogP contribution < -0.4 is 5.32 Å². The van der Waals surface area contributed by atoms with Crippen molar-refractivity contribution in [3.8, 4) is 0 Å². The highest BCUT2D eigenvalue weighted by Crippen LogP contribution is 2.48. The molecule has 0 atom stereocenters. The SMILES string of the molecule is CCCC1(CNC(=O)OCc2ccccc2)CC1. The monoisotopic (exact) mass is 247 g/mol. The summed E-state index contributed by atoms with van der Waals surface area (Å²) >= 11 is 0. The second-order valence-electron chi connectivity index (χ2n) is 5.17. The summed E-state index contributed by atoms with van der Waals surface area (Å²) in [6.45, 7) is 3.29. The van der Waals surface area contributed by atoms with Gasteiger partial charge in [0.1, 0.15) is 6.61 Å². The van der Waals surface area contributed by atoms with E-state index in [9.17, 15) is 4.79 Å². The van der Waals surface area contributed by atoms with E-state index in [0.717, 1.165) is 12.1 Å². The number of carbonyl (C=O) groups excluding carboxylic acids is 1. The molecule has 1 amide bonds. The van der Waals surface area contributed by atoms with Gasteiger partial charge in [-0.1, -0.05) is 43.7 Å². The van der Waals surface area contributed by atoms with Crippen molar-refractivity contribution in [3.63, 3.8) is 0 Å². The Kier molecular flexibility index (Phi) is 4.24. The highest BCUT2D eigenvalue weighted by Gasteiger charge is 2.41. The van der Waals surface area contributed by atoms with E-state index in [1.54, 1.807) is 0 Å². The lowest BCUT2D eigenvalue weighted by Crippen LogP contribution is -2.30. The van der Waals surface area contributed by atoms with Crippen LogP contribution in [0.15, 0.2) is 30.3 Å². The van der Waals surface area contributed by atoms with E-state index in [4.69, 9.17) is 4.74 Å². The molecule has 2 rings (SSSR count). The molecule has 1 N–H and O–H groups in total. The lowest BCUT2D eigenvalue weighted by Gasteiger charge is -2.14. The predicted octanol–water partition coefficient (Wildman–Crippen LogP) is 3.49. The maximum atomic E-state index is 11.6. The molecule has 1 aromatic rings. The average Bonchev–Trinajstić information content (AvgIpc) is 3.16. The van der Waals surface area contributed by atoms with Gasteiger partial charge in [-0.15, -0.1) is 0 Å². The van der Waals surface area contributed by atoms with Gasteiger partial charge < -0.3 is 10.1 Å². The molecular weight excluding hydrogens is 226 g/mol. The van der Waals surface area contributed by atoms with E-state index in [1.807, 2.05) is 30.3 Å². The third kappa shape index (κ3) is 3.76. The van der Waals surface area contributed by atoms with Crippen LogP contribution in [0.5, 0.6) is 0 Å². The van der Waals surface area contributed by atoms with Gasteiger partial charge in [0.25, 0.3) is 0 Å². The average molecular weight is 247 g/mol. The molecule has 18 heavy (non-hydrogen) atoms. The van der Waals surface area contributed by atoms with Crippen molar-refractivity contribution >= 4 is 6.09 Å². The summed E-state index contributed by atoms with van der Waals surface area (Å²) in [5, 5.41) is 2.88. The first-order valence-electron chi connectivity index (χ1n) is 6.69. The summed E-state index contributed by atoms with van der Waals surface area (Å²) in [7, 11) is 0. The highest BCUT2D eigenvalue weighted by molar-refractivity contribution is 5.67. The standard InChI is InChI=1S/C15H21NO2/c1-2-8-15(9-10-15)12-16-14(17)18-11-13-6-4-3-5-7-13/h3-7H,2,8-12H2,1H3,(H,16,17). The molecule has 1 saturated carbocycles. The normalized spacial score (nSPS) is 16.1. The van der Waals surface area contributed by atoms with E-state index in [1.165, 1.54) is 25.7 Å². The molecule has 3 heteroatoms. The van der Waals surface area contributed by atoms with Gasteiger partial charge in [-0.05, 0) is 30.2 Å². The Morgan fingerprint density at radius 3 is 2.67 bits per heavy atom. The van der Waals surface area contributed by atoms with Crippen molar-refractivity contribution in [2.75, 3.05) is 6.54 Å². The summed E-state index contributed by atoms with van der Waals surface area (Å²) in [4.78, 5) is 11.6. The third-order valence-electron chi connectivity index (χ3n) is 3.56. The Hall–Kier alpha value is -1.51. The second-order valence-corrected chi connectivity index (χ2v) is 5.17. The summed E-state index contributed by atoms with van der Waals surface area (Å²) in [6, 6.07) is 9.73. The molecule has 0 bridgehead atoms. The molecule has 1 aliphatic carbocycles. The van der Waals surface area contributed by atoms with E-state index >= 15 is 0 Å². The third-order valence-corrected chi connectivity index (χ3v) is 3.56. The Bertz CT molecular complexity index is 385. The number of benzene rings is 1. The zero-order valence-electron chi connectivity index (χ0n) is 10.9. The molecule has 0 saturated heterocycles. The molecule has 0 spiro atoms. The first kappa shape index (κ1) is 12.9. The molecule has 0 aliphatic heterocycles. The molecular formula is C15H21NO2. The zero-order valence-corrected chi connectivity index (χ0v) is 10.9. The van der Waals surface area contributed by atoms with Crippen LogP contribution in [0.4, 0.5) is 4.79 Å². The molecule has 1 aromatic carbocycles. The Balaban J connectivity index is 1.67. The fourth-order valence-corrected chi connectivity index (χ4v) is 2.26. The lowest BCUT2D eigenvalue weighted by atomic mass is 10.0. The Morgan fingerprint density at radius 2 is 2.06 bits per heavy atom. The number of nitrogens with one attached hydrogen (secondary N) is 1. The molecule has 1 aliphatic rings. The second kappa shape index (κ2) is 5.89. The van der Waals surface area contributed by atoms with Gasteiger partial charge in [-0.25, -0.2) is 4.79 Å². The summed E-state index contributed by atoms with van der Waals surface area (Å²) in [6.07, 6.45) is 4.55. The number of ether oxygens (including phenoxy) is 1. The lowest BCUT2D eigenvalue weighted by molar-refractivity contribution is 0.137. The summed E-state index contributed by atoms with van der Waals surface area (Å²) in [5.74, 6) is 0. The smallest absolute Gasteiger partial charge is 0.407 e. The summed E-state index contributed by atoms with van der Waals surface area (Å²) in [5.41, 5.74) is 1.39. The van der Waals surface area contributed by atoms with E-state index < -0.39 is 0 Å². The minimum atomic E-state index is -0.304. The van der Waals surface area contributed by atoms with Crippen molar-refractivity contribution in [2.45, 2.75) is 39.2 Å². The van der Waals surface area contributed by atoms with Gasteiger partial charge in [-0.3, -0.25) is 0 Å². The molecule has 0 aromatic heterocycles. The number of carbonyl (C=O) groups is 1. The minimum absolute atomic E-state index is 0.304. The number of alkyl carbamates (subject to hydrolysis) is 1. The zero-order chi connectivity index (χ0) is 12.8. The molecule has 0 radical (unpaired) electrons. The van der Waals surface area contributed by atoms with Crippen LogP contribution in [0.1, 0.15) is 38.2 Å². The van der Waals surface area contributed by atoms with Crippen LogP contribution >= 0.6 is 0 Å². The number of rotatable bonds is 6. The van der Waals surface area contributed by atoms with Crippen molar-refractivity contribution in [3.05, 3.63) is 35.9 Å². The minimum Gasteiger partial charge on any atom is -0.445 e. The first-order valence-corrected chi connectivity index (χ1v) is 6.69. The van der Waals surface area contributed by atoms with Crippen LogP contribution in [0.3, 0.4) is 0 Å². The van der Waals surface area contributed by atoms with Crippen LogP contribution in [-0.2, 0) is 11.3 Å². The number of amides is 1. The van der Waals surface area contributed by atoms with E-state index in [0.29, 0.717) is 12.0 Å². The Morgan fingerprint density at radius 1 is 1.33 bits per heavy atom. The molecule has 0 heterocycles. The van der Waals surface area contributed by atoms with Crippen molar-refractivity contribution in [1.29, 1.82) is 0 Å². The van der Waals surface area contributed by atoms with Gasteiger partial charge in [0.2, 0.25) is 0 Å². The maximum absolute atomic E-state index is 11.6. The van der Waals surface area contributed by atoms with Crippen molar-refractivity contribution in [2.24, 2.45) is 5.41 Å². The van der Waals surface area contributed by atoms with Gasteiger partial charge in [-0.2, -0.15) is 0 Å². The van der Waals surface area contributed by atoms with Gasteiger partial charge in [0.15, 0.2) is 0 Å². The van der Waals surface area contributed by atoms with Crippen molar-refractivity contribution < 1.29 is 9.53 Å². The van der Waals surface area contributed by atoms with E-state index in [2.05, 4.69) is 12.2 Å². The largest absolute Gasteiger partial charge is 0.445 e. The predicted molar refractivity (Wildman–Crippen MR) is 71.2 cm³/mol. The summed E-state index contributed by atoms with van der Waals surface area (Å²) < 4.78 is 5.18. The Labute approximate surface area is 109 Å². The fraction of sp³-hybridized carbons (Fsp3) is 0.533. The van der Waals surface area contributed by atoms with Crippen LogP contribution in [0.25, 0.3) is 0 Å². The van der Waals surface area contributed by atoms with Crippen LogP contribution in [0, 0.1) is 5.41 Å². The molecule has 1 fully saturated rings. The highest BCUT2D eigenvalue weighted by atomic mass is 16.5. The van der Waals surface area contributed by atoms with Crippen LogP contribution in [0.2, 0.25) is 0 Å². The van der Waals surface area contributed by atoms with Gasteiger partial charge >= 0.3 is 6.09 Å². The maximum Gasteiger partial charge on any atom is 0.407 e. The number of hydrogen-bond acceptors (Lipinski definition) is 2.